The molecule has 3 nitrogen and oxygen atoms in total. The van der Waals surface area contributed by atoms with E-state index in [0.717, 1.165) is 23.9 Å². The zero-order valence-electron chi connectivity index (χ0n) is 11.2. The molecule has 1 fully saturated rings. The molecule has 1 aliphatic carbocycles. The number of ether oxygens (including phenoxy) is 1. The Balaban J connectivity index is 1.76. The van der Waals surface area contributed by atoms with E-state index in [1.54, 1.807) is 0 Å². The molecule has 1 N–H and O–H groups in total. The lowest BCUT2D eigenvalue weighted by Gasteiger charge is -2.27. The van der Waals surface area contributed by atoms with Crippen LogP contribution in [0.15, 0.2) is 24.3 Å². The van der Waals surface area contributed by atoms with E-state index in [0.29, 0.717) is 12.6 Å². The van der Waals surface area contributed by atoms with Crippen LogP contribution in [-0.2, 0) is 0 Å². The van der Waals surface area contributed by atoms with Gasteiger partial charge in [-0.3, -0.25) is 4.90 Å². The Morgan fingerprint density at radius 2 is 1.84 bits per heavy atom. The normalized spacial score (nSPS) is 16.2. The summed E-state index contributed by atoms with van der Waals surface area (Å²) in [6.45, 7) is 2.48. The van der Waals surface area contributed by atoms with Crippen LogP contribution in [-0.4, -0.2) is 42.4 Å². The van der Waals surface area contributed by atoms with Crippen molar-refractivity contribution in [3.05, 3.63) is 29.3 Å². The smallest absolute Gasteiger partial charge is 0.119 e. The molecule has 4 heteroatoms. The second-order valence-electron chi connectivity index (χ2n) is 5.00. The molecule has 0 amide bonds. The third kappa shape index (κ3) is 4.68. The molecule has 0 radical (unpaired) electrons. The fourth-order valence-electron chi connectivity index (χ4n) is 2.69. The first-order valence-corrected chi connectivity index (χ1v) is 7.40. The van der Waals surface area contributed by atoms with Crippen LogP contribution in [0.1, 0.15) is 25.7 Å². The maximum atomic E-state index is 9.15. The number of hydrogen-bond acceptors (Lipinski definition) is 3. The highest BCUT2D eigenvalue weighted by molar-refractivity contribution is 6.30. The van der Waals surface area contributed by atoms with Gasteiger partial charge in [0.2, 0.25) is 0 Å². The Morgan fingerprint density at radius 3 is 2.47 bits per heavy atom. The number of hydrogen-bond donors (Lipinski definition) is 1. The van der Waals surface area contributed by atoms with Crippen LogP contribution in [0.5, 0.6) is 5.75 Å². The summed E-state index contributed by atoms with van der Waals surface area (Å²) >= 11 is 5.83. The molecule has 0 saturated heterocycles. The minimum Gasteiger partial charge on any atom is -0.492 e. The molecule has 0 aliphatic heterocycles. The largest absolute Gasteiger partial charge is 0.492 e. The van der Waals surface area contributed by atoms with Crippen molar-refractivity contribution in [2.75, 3.05) is 26.3 Å². The SMILES string of the molecule is OCCN(CCOc1ccc(Cl)cc1)C1CCCC1. The van der Waals surface area contributed by atoms with Crippen molar-refractivity contribution in [3.8, 4) is 5.75 Å². The van der Waals surface area contributed by atoms with Gasteiger partial charge in [0.25, 0.3) is 0 Å². The van der Waals surface area contributed by atoms with E-state index in [-0.39, 0.29) is 6.61 Å². The minimum absolute atomic E-state index is 0.220. The summed E-state index contributed by atoms with van der Waals surface area (Å²) in [7, 11) is 0. The van der Waals surface area contributed by atoms with Gasteiger partial charge >= 0.3 is 0 Å². The summed E-state index contributed by atoms with van der Waals surface area (Å²) in [5.41, 5.74) is 0. The van der Waals surface area contributed by atoms with Crippen LogP contribution >= 0.6 is 11.6 Å². The van der Waals surface area contributed by atoms with Crippen LogP contribution < -0.4 is 4.74 Å². The van der Waals surface area contributed by atoms with E-state index in [4.69, 9.17) is 21.4 Å². The number of aliphatic hydroxyl groups excluding tert-OH is 1. The Kier molecular flexibility index (Phi) is 5.95. The zero-order valence-corrected chi connectivity index (χ0v) is 12.0. The second-order valence-corrected chi connectivity index (χ2v) is 5.44. The molecule has 1 aliphatic rings. The van der Waals surface area contributed by atoms with Gasteiger partial charge in [-0.2, -0.15) is 0 Å². The maximum Gasteiger partial charge on any atom is 0.119 e. The summed E-state index contributed by atoms with van der Waals surface area (Å²) in [5, 5.41) is 9.87. The van der Waals surface area contributed by atoms with E-state index in [1.165, 1.54) is 25.7 Å². The summed E-state index contributed by atoms with van der Waals surface area (Å²) in [6.07, 6.45) is 5.12. The molecule has 1 aromatic rings. The molecule has 0 heterocycles. The summed E-state index contributed by atoms with van der Waals surface area (Å²) in [5.74, 6) is 0.847. The quantitative estimate of drug-likeness (QED) is 0.835. The van der Waals surface area contributed by atoms with Gasteiger partial charge in [0.1, 0.15) is 12.4 Å². The molecule has 106 valence electrons. The number of aliphatic hydroxyl groups is 1. The standard InChI is InChI=1S/C15H22ClNO2/c16-13-5-7-15(8-6-13)19-12-10-17(9-11-18)14-3-1-2-4-14/h5-8,14,18H,1-4,9-12H2. The molecule has 1 saturated carbocycles. The molecule has 0 aromatic heterocycles. The van der Waals surface area contributed by atoms with Crippen molar-refractivity contribution in [1.29, 1.82) is 0 Å². The molecule has 1 aromatic carbocycles. The highest BCUT2D eigenvalue weighted by Gasteiger charge is 2.21. The fraction of sp³-hybridized carbons (Fsp3) is 0.600. The molecular weight excluding hydrogens is 262 g/mol. The number of rotatable bonds is 7. The Bertz CT molecular complexity index is 363. The summed E-state index contributed by atoms with van der Waals surface area (Å²) < 4.78 is 5.72. The van der Waals surface area contributed by atoms with Crippen LogP contribution in [0.2, 0.25) is 5.02 Å². The van der Waals surface area contributed by atoms with Crippen LogP contribution in [0.25, 0.3) is 0 Å². The number of benzene rings is 1. The van der Waals surface area contributed by atoms with E-state index >= 15 is 0 Å². The van der Waals surface area contributed by atoms with Crippen molar-refractivity contribution in [1.82, 2.24) is 4.90 Å². The van der Waals surface area contributed by atoms with Crippen molar-refractivity contribution >= 4 is 11.6 Å². The van der Waals surface area contributed by atoms with Gasteiger partial charge in [-0.15, -0.1) is 0 Å². The molecule has 0 unspecified atom stereocenters. The molecule has 19 heavy (non-hydrogen) atoms. The van der Waals surface area contributed by atoms with Gasteiger partial charge in [0.15, 0.2) is 0 Å². The first-order chi connectivity index (χ1) is 9.29. The Morgan fingerprint density at radius 1 is 1.16 bits per heavy atom. The van der Waals surface area contributed by atoms with Crippen molar-refractivity contribution in [2.24, 2.45) is 0 Å². The zero-order chi connectivity index (χ0) is 13.5. The number of nitrogens with zero attached hydrogens (tertiary/aromatic N) is 1. The summed E-state index contributed by atoms with van der Waals surface area (Å²) in [4.78, 5) is 2.35. The van der Waals surface area contributed by atoms with Crippen LogP contribution in [0.4, 0.5) is 0 Å². The highest BCUT2D eigenvalue weighted by atomic mass is 35.5. The molecule has 0 bridgehead atoms. The lowest BCUT2D eigenvalue weighted by Crippen LogP contribution is -2.38. The lowest BCUT2D eigenvalue weighted by molar-refractivity contribution is 0.129. The van der Waals surface area contributed by atoms with Gasteiger partial charge in [-0.1, -0.05) is 24.4 Å². The van der Waals surface area contributed by atoms with E-state index in [9.17, 15) is 0 Å². The first kappa shape index (κ1) is 14.6. The second kappa shape index (κ2) is 7.73. The monoisotopic (exact) mass is 283 g/mol. The lowest BCUT2D eigenvalue weighted by atomic mass is 10.2. The van der Waals surface area contributed by atoms with Crippen LogP contribution in [0, 0.1) is 0 Å². The van der Waals surface area contributed by atoms with Gasteiger partial charge in [0.05, 0.1) is 6.61 Å². The van der Waals surface area contributed by atoms with E-state index in [2.05, 4.69) is 4.90 Å². The third-order valence-corrected chi connectivity index (χ3v) is 3.94. The van der Waals surface area contributed by atoms with E-state index < -0.39 is 0 Å². The van der Waals surface area contributed by atoms with Crippen molar-refractivity contribution in [3.63, 3.8) is 0 Å². The van der Waals surface area contributed by atoms with Gasteiger partial charge in [-0.25, -0.2) is 0 Å². The highest BCUT2D eigenvalue weighted by Crippen LogP contribution is 2.23. The average Bonchev–Trinajstić information content (AvgIpc) is 2.94. The molecule has 0 spiro atoms. The Labute approximate surface area is 120 Å². The van der Waals surface area contributed by atoms with E-state index in [1.807, 2.05) is 24.3 Å². The average molecular weight is 284 g/mol. The number of halogens is 1. The van der Waals surface area contributed by atoms with Gasteiger partial charge < -0.3 is 9.84 Å². The maximum absolute atomic E-state index is 9.15. The topological polar surface area (TPSA) is 32.7 Å². The minimum atomic E-state index is 0.220. The molecule has 0 atom stereocenters. The van der Waals surface area contributed by atoms with Crippen LogP contribution in [0.3, 0.4) is 0 Å². The molecule has 2 rings (SSSR count). The fourth-order valence-corrected chi connectivity index (χ4v) is 2.81. The predicted molar refractivity (Wildman–Crippen MR) is 77.9 cm³/mol. The van der Waals surface area contributed by atoms with Gasteiger partial charge in [-0.05, 0) is 37.1 Å². The van der Waals surface area contributed by atoms with Crippen molar-refractivity contribution in [2.45, 2.75) is 31.7 Å². The first-order valence-electron chi connectivity index (χ1n) is 7.03. The van der Waals surface area contributed by atoms with Gasteiger partial charge in [0, 0.05) is 24.2 Å². The summed E-state index contributed by atoms with van der Waals surface area (Å²) in [6, 6.07) is 8.06. The third-order valence-electron chi connectivity index (χ3n) is 3.69. The van der Waals surface area contributed by atoms with Crippen molar-refractivity contribution < 1.29 is 9.84 Å². The molecular formula is C15H22ClNO2. The predicted octanol–water partition coefficient (Wildman–Crippen LogP) is 2.96. The Hall–Kier alpha value is -0.770.